The van der Waals surface area contributed by atoms with Crippen LogP contribution >= 0.6 is 0 Å². The smallest absolute Gasteiger partial charge is 0.410 e. The lowest BCUT2D eigenvalue weighted by atomic mass is 9.93. The van der Waals surface area contributed by atoms with Crippen molar-refractivity contribution in [1.82, 2.24) is 9.88 Å². The minimum Gasteiger partial charge on any atom is -0.444 e. The van der Waals surface area contributed by atoms with E-state index in [4.69, 9.17) is 4.74 Å². The second-order valence-corrected chi connectivity index (χ2v) is 8.64. The number of likely N-dealkylation sites (tertiary alicyclic amines) is 1. The average molecular weight is 356 g/mol. The van der Waals surface area contributed by atoms with E-state index in [-0.39, 0.29) is 11.9 Å². The Balaban J connectivity index is 1.49. The normalized spacial score (nSPS) is 25.5. The molecule has 2 fully saturated rings. The number of nitrogens with zero attached hydrogens (tertiary/aromatic N) is 2. The van der Waals surface area contributed by atoms with Crippen LogP contribution in [0.25, 0.3) is 10.9 Å². The van der Waals surface area contributed by atoms with Gasteiger partial charge in [-0.15, -0.1) is 0 Å². The summed E-state index contributed by atoms with van der Waals surface area (Å²) in [4.78, 5) is 18.5. The molecule has 2 aromatic rings. The van der Waals surface area contributed by atoms with Gasteiger partial charge < -0.3 is 9.64 Å². The van der Waals surface area contributed by atoms with Gasteiger partial charge in [0.15, 0.2) is 0 Å². The first-order valence-corrected chi connectivity index (χ1v) is 9.32. The van der Waals surface area contributed by atoms with Gasteiger partial charge in [0.25, 0.3) is 0 Å². The van der Waals surface area contributed by atoms with Crippen LogP contribution in [0.15, 0.2) is 30.5 Å². The summed E-state index contributed by atoms with van der Waals surface area (Å²) in [5.74, 6) is 1.16. The van der Waals surface area contributed by atoms with E-state index in [1.54, 1.807) is 12.1 Å². The van der Waals surface area contributed by atoms with E-state index in [2.05, 4.69) is 4.98 Å². The van der Waals surface area contributed by atoms with E-state index >= 15 is 0 Å². The van der Waals surface area contributed by atoms with Gasteiger partial charge in [-0.3, -0.25) is 4.98 Å². The van der Waals surface area contributed by atoms with Crippen molar-refractivity contribution in [1.29, 1.82) is 0 Å². The minimum absolute atomic E-state index is 0.208. The Labute approximate surface area is 153 Å². The predicted octanol–water partition coefficient (Wildman–Crippen LogP) is 4.73. The molecule has 0 bridgehead atoms. The number of carbonyl (C=O) groups excluding carboxylic acids is 1. The Morgan fingerprint density at radius 3 is 2.54 bits per heavy atom. The minimum atomic E-state index is -0.461. The van der Waals surface area contributed by atoms with Crippen molar-refractivity contribution < 1.29 is 13.9 Å². The molecule has 1 aromatic heterocycles. The molecule has 5 heteroatoms. The van der Waals surface area contributed by atoms with Crippen LogP contribution in [0.3, 0.4) is 0 Å². The number of aromatic nitrogens is 1. The number of hydrogen-bond acceptors (Lipinski definition) is 3. The molecule has 0 radical (unpaired) electrons. The Hall–Kier alpha value is -2.17. The molecule has 1 aliphatic carbocycles. The number of pyridine rings is 1. The quantitative estimate of drug-likeness (QED) is 0.741. The highest BCUT2D eigenvalue weighted by Gasteiger charge is 2.44. The highest BCUT2D eigenvalue weighted by atomic mass is 19.1. The van der Waals surface area contributed by atoms with Crippen LogP contribution in [0.2, 0.25) is 0 Å². The maximum absolute atomic E-state index is 13.7. The lowest BCUT2D eigenvalue weighted by Gasteiger charge is -2.25. The Bertz CT molecular complexity index is 832. The Kier molecular flexibility index (Phi) is 4.13. The first-order valence-electron chi connectivity index (χ1n) is 9.32. The van der Waals surface area contributed by atoms with Gasteiger partial charge in [0.1, 0.15) is 11.4 Å². The molecular formula is C21H25FN2O2. The first kappa shape index (κ1) is 17.3. The molecule has 0 unspecified atom stereocenters. The number of fused-ring (bicyclic) bond motifs is 2. The number of rotatable bonds is 1. The average Bonchev–Trinajstić information content (AvgIpc) is 3.11. The molecule has 4 rings (SSSR count). The van der Waals surface area contributed by atoms with Crippen LogP contribution in [-0.4, -0.2) is 34.7 Å². The third kappa shape index (κ3) is 3.27. The fourth-order valence-corrected chi connectivity index (χ4v) is 4.53. The molecule has 1 amide bonds. The van der Waals surface area contributed by atoms with Crippen LogP contribution in [-0.2, 0) is 4.74 Å². The van der Waals surface area contributed by atoms with Gasteiger partial charge in [-0.1, -0.05) is 0 Å². The molecular weight excluding hydrogens is 331 g/mol. The van der Waals surface area contributed by atoms with Crippen LogP contribution in [0.4, 0.5) is 9.18 Å². The number of benzene rings is 1. The van der Waals surface area contributed by atoms with E-state index in [0.717, 1.165) is 36.8 Å². The Morgan fingerprint density at radius 1 is 1.19 bits per heavy atom. The van der Waals surface area contributed by atoms with Crippen LogP contribution in [0.1, 0.15) is 45.1 Å². The van der Waals surface area contributed by atoms with Crippen molar-refractivity contribution in [3.05, 3.63) is 41.8 Å². The van der Waals surface area contributed by atoms with E-state index in [0.29, 0.717) is 17.8 Å². The molecule has 138 valence electrons. The third-order valence-electron chi connectivity index (χ3n) is 5.58. The van der Waals surface area contributed by atoms with Gasteiger partial charge in [0.05, 0.1) is 5.52 Å². The monoisotopic (exact) mass is 356 g/mol. The van der Waals surface area contributed by atoms with Crippen molar-refractivity contribution in [2.45, 2.75) is 45.1 Å². The van der Waals surface area contributed by atoms with Crippen molar-refractivity contribution in [3.63, 3.8) is 0 Å². The zero-order valence-electron chi connectivity index (χ0n) is 15.5. The topological polar surface area (TPSA) is 42.4 Å². The molecule has 1 aromatic carbocycles. The summed E-state index contributed by atoms with van der Waals surface area (Å²) in [6.45, 7) is 7.20. The Morgan fingerprint density at radius 2 is 1.88 bits per heavy atom. The molecule has 26 heavy (non-hydrogen) atoms. The van der Waals surface area contributed by atoms with E-state index in [9.17, 15) is 9.18 Å². The van der Waals surface area contributed by atoms with Gasteiger partial charge in [0.2, 0.25) is 0 Å². The standard InChI is InChI=1S/C21H25FN2O2/c1-21(2,3)26-20(25)24-11-14-8-13(9-15(14)12-24)17-6-7-23-19-5-4-16(22)10-18(17)19/h4-7,10,13-15H,8-9,11-12H2,1-3H3/t13-,14-,15+. The summed E-state index contributed by atoms with van der Waals surface area (Å²) in [6.07, 6.45) is 3.66. The SMILES string of the molecule is CC(C)(C)OC(=O)N1C[C@H]2C[C@@H](c3ccnc4ccc(F)cc34)C[C@H]2C1. The van der Waals surface area contributed by atoms with Crippen molar-refractivity contribution in [2.24, 2.45) is 11.8 Å². The second-order valence-electron chi connectivity index (χ2n) is 8.64. The largest absolute Gasteiger partial charge is 0.444 e. The second kappa shape index (κ2) is 6.22. The highest BCUT2D eigenvalue weighted by Crippen LogP contribution is 2.47. The van der Waals surface area contributed by atoms with E-state index in [1.807, 2.05) is 37.9 Å². The lowest BCUT2D eigenvalue weighted by Crippen LogP contribution is -2.36. The van der Waals surface area contributed by atoms with Gasteiger partial charge in [-0.2, -0.15) is 0 Å². The maximum Gasteiger partial charge on any atom is 0.410 e. The number of halogens is 1. The molecule has 0 spiro atoms. The van der Waals surface area contributed by atoms with Gasteiger partial charge >= 0.3 is 6.09 Å². The molecule has 2 aliphatic rings. The lowest BCUT2D eigenvalue weighted by molar-refractivity contribution is 0.0279. The zero-order valence-corrected chi connectivity index (χ0v) is 15.5. The molecule has 3 atom stereocenters. The fraction of sp³-hybridized carbons (Fsp3) is 0.524. The summed E-state index contributed by atoms with van der Waals surface area (Å²) in [7, 11) is 0. The molecule has 4 nitrogen and oxygen atoms in total. The summed E-state index contributed by atoms with van der Waals surface area (Å²) in [6, 6.07) is 6.83. The number of carbonyl (C=O) groups is 1. The summed E-state index contributed by atoms with van der Waals surface area (Å²) >= 11 is 0. The van der Waals surface area contributed by atoms with Crippen molar-refractivity contribution >= 4 is 17.0 Å². The van der Waals surface area contributed by atoms with Crippen LogP contribution in [0.5, 0.6) is 0 Å². The fourth-order valence-electron chi connectivity index (χ4n) is 4.53. The van der Waals surface area contributed by atoms with E-state index < -0.39 is 5.60 Å². The van der Waals surface area contributed by atoms with E-state index in [1.165, 1.54) is 11.6 Å². The number of amides is 1. The molecule has 1 saturated carbocycles. The molecule has 2 heterocycles. The van der Waals surface area contributed by atoms with Crippen molar-refractivity contribution in [2.75, 3.05) is 13.1 Å². The number of ether oxygens (including phenoxy) is 1. The highest BCUT2D eigenvalue weighted by molar-refractivity contribution is 5.82. The summed E-state index contributed by atoms with van der Waals surface area (Å²) in [5.41, 5.74) is 1.57. The van der Waals surface area contributed by atoms with Gasteiger partial charge in [0, 0.05) is 24.7 Å². The van der Waals surface area contributed by atoms with Crippen LogP contribution < -0.4 is 0 Å². The maximum atomic E-state index is 13.7. The molecule has 1 aliphatic heterocycles. The predicted molar refractivity (Wildman–Crippen MR) is 98.5 cm³/mol. The molecule has 0 N–H and O–H groups in total. The third-order valence-corrected chi connectivity index (χ3v) is 5.58. The summed E-state index contributed by atoms with van der Waals surface area (Å²) < 4.78 is 19.2. The number of hydrogen-bond donors (Lipinski definition) is 0. The first-order chi connectivity index (χ1) is 12.3. The molecule has 1 saturated heterocycles. The van der Waals surface area contributed by atoms with Crippen molar-refractivity contribution in [3.8, 4) is 0 Å². The van der Waals surface area contributed by atoms with Crippen LogP contribution in [0, 0.1) is 17.7 Å². The summed E-state index contributed by atoms with van der Waals surface area (Å²) in [5, 5.41) is 0.918. The zero-order chi connectivity index (χ0) is 18.5. The van der Waals surface area contributed by atoms with Gasteiger partial charge in [-0.05, 0) is 81.2 Å². The van der Waals surface area contributed by atoms with Gasteiger partial charge in [-0.25, -0.2) is 9.18 Å².